The molecule has 1 aliphatic rings. The molecule has 1 aromatic heterocycles. The summed E-state index contributed by atoms with van der Waals surface area (Å²) in [4.78, 5) is 9.29. The number of hydrogen-bond acceptors (Lipinski definition) is 8. The molecule has 0 spiro atoms. The number of phenolic OH excluding ortho intramolecular Hbond substituents is 1. The third-order valence-corrected chi connectivity index (χ3v) is 5.47. The van der Waals surface area contributed by atoms with Gasteiger partial charge in [-0.15, -0.1) is 0 Å². The van der Waals surface area contributed by atoms with Crippen molar-refractivity contribution in [1.29, 1.82) is 0 Å². The van der Waals surface area contributed by atoms with E-state index in [1.807, 2.05) is 31.2 Å². The first-order chi connectivity index (χ1) is 16.1. The van der Waals surface area contributed by atoms with Crippen molar-refractivity contribution >= 4 is 17.7 Å². The van der Waals surface area contributed by atoms with E-state index < -0.39 is 0 Å². The molecule has 0 bridgehead atoms. The van der Waals surface area contributed by atoms with Gasteiger partial charge >= 0.3 is 0 Å². The van der Waals surface area contributed by atoms with Gasteiger partial charge in [0, 0.05) is 56.1 Å². The van der Waals surface area contributed by atoms with Crippen molar-refractivity contribution in [2.24, 2.45) is 5.10 Å². The van der Waals surface area contributed by atoms with E-state index in [0.717, 1.165) is 70.0 Å². The van der Waals surface area contributed by atoms with E-state index in [1.165, 1.54) is 0 Å². The number of aryl methyl sites for hydroxylation is 1. The molecule has 0 unspecified atom stereocenters. The molecule has 33 heavy (non-hydrogen) atoms. The van der Waals surface area contributed by atoms with Gasteiger partial charge in [0.2, 0.25) is 5.88 Å². The lowest BCUT2D eigenvalue weighted by atomic mass is 10.1. The number of ether oxygens (including phenoxy) is 2. The Morgan fingerprint density at radius 1 is 1.18 bits per heavy atom. The van der Waals surface area contributed by atoms with E-state index in [2.05, 4.69) is 39.2 Å². The summed E-state index contributed by atoms with van der Waals surface area (Å²) in [6.07, 6.45) is 3.72. The van der Waals surface area contributed by atoms with Crippen LogP contribution in [0.4, 0.5) is 11.5 Å². The molecule has 0 radical (unpaired) electrons. The second kappa shape index (κ2) is 13.0. The SMILES string of the molecule is CCCN(CCC)c1cc(N/N=C/c2cc(C)ccc2O)nc(OCCN2CCOCC2)c1. The van der Waals surface area contributed by atoms with E-state index in [1.54, 1.807) is 12.3 Å². The topological polar surface area (TPSA) is 82.5 Å². The zero-order valence-corrected chi connectivity index (χ0v) is 20.1. The van der Waals surface area contributed by atoms with Crippen LogP contribution < -0.4 is 15.1 Å². The third kappa shape index (κ3) is 7.91. The van der Waals surface area contributed by atoms with Crippen LogP contribution >= 0.6 is 0 Å². The summed E-state index contributed by atoms with van der Waals surface area (Å²) in [5, 5.41) is 14.4. The first-order valence-corrected chi connectivity index (χ1v) is 11.9. The Morgan fingerprint density at radius 2 is 1.94 bits per heavy atom. The van der Waals surface area contributed by atoms with Crippen LogP contribution in [0.25, 0.3) is 0 Å². The maximum absolute atomic E-state index is 10.0. The number of hydrazone groups is 1. The van der Waals surface area contributed by atoms with Crippen LogP contribution in [0.1, 0.15) is 37.8 Å². The fourth-order valence-electron chi connectivity index (χ4n) is 3.76. The predicted octanol–water partition coefficient (Wildman–Crippen LogP) is 3.88. The van der Waals surface area contributed by atoms with Gasteiger partial charge in [0.1, 0.15) is 12.4 Å². The number of aromatic hydroxyl groups is 1. The van der Waals surface area contributed by atoms with E-state index in [4.69, 9.17) is 9.47 Å². The van der Waals surface area contributed by atoms with Crippen molar-refractivity contribution in [2.75, 3.05) is 62.9 Å². The molecule has 1 fully saturated rings. The van der Waals surface area contributed by atoms with Crippen LogP contribution in [0.15, 0.2) is 35.4 Å². The lowest BCUT2D eigenvalue weighted by Gasteiger charge is -2.26. The molecule has 2 heterocycles. The maximum atomic E-state index is 10.0. The molecule has 180 valence electrons. The first kappa shape index (κ1) is 24.8. The Labute approximate surface area is 197 Å². The first-order valence-electron chi connectivity index (χ1n) is 11.9. The standard InChI is InChI=1S/C25H37N5O3/c1-4-8-30(9-5-2)22-17-24(28-26-19-21-16-20(3)6-7-23(21)31)27-25(18-22)33-15-12-29-10-13-32-14-11-29/h6-7,16-19,31H,4-5,8-15H2,1-3H3,(H,27,28)/b26-19+. The van der Waals surface area contributed by atoms with Crippen molar-refractivity contribution in [3.05, 3.63) is 41.5 Å². The van der Waals surface area contributed by atoms with E-state index in [9.17, 15) is 5.11 Å². The molecule has 0 amide bonds. The number of rotatable bonds is 12. The average Bonchev–Trinajstić information content (AvgIpc) is 2.82. The summed E-state index contributed by atoms with van der Waals surface area (Å²) >= 11 is 0. The van der Waals surface area contributed by atoms with Gasteiger partial charge in [-0.25, -0.2) is 0 Å². The summed E-state index contributed by atoms with van der Waals surface area (Å²) in [7, 11) is 0. The highest BCUT2D eigenvalue weighted by Crippen LogP contribution is 2.25. The molecule has 8 heteroatoms. The van der Waals surface area contributed by atoms with Crippen molar-refractivity contribution in [1.82, 2.24) is 9.88 Å². The molecule has 2 aromatic rings. The Hall–Kier alpha value is -2.84. The second-order valence-electron chi connectivity index (χ2n) is 8.27. The Balaban J connectivity index is 1.73. The number of nitrogens with zero attached hydrogens (tertiary/aromatic N) is 4. The summed E-state index contributed by atoms with van der Waals surface area (Å²) in [5.41, 5.74) is 5.78. The highest BCUT2D eigenvalue weighted by Gasteiger charge is 2.12. The lowest BCUT2D eigenvalue weighted by molar-refractivity contribution is 0.0320. The number of pyridine rings is 1. The monoisotopic (exact) mass is 455 g/mol. The number of benzene rings is 1. The van der Waals surface area contributed by atoms with Gasteiger partial charge in [0.25, 0.3) is 0 Å². The zero-order valence-electron chi connectivity index (χ0n) is 20.1. The lowest BCUT2D eigenvalue weighted by Crippen LogP contribution is -2.38. The van der Waals surface area contributed by atoms with E-state index in [-0.39, 0.29) is 5.75 Å². The van der Waals surface area contributed by atoms with Crippen LogP contribution in [0.5, 0.6) is 11.6 Å². The van der Waals surface area contributed by atoms with Crippen molar-refractivity contribution in [3.63, 3.8) is 0 Å². The maximum Gasteiger partial charge on any atom is 0.217 e. The number of nitrogens with one attached hydrogen (secondary N) is 1. The van der Waals surface area contributed by atoms with Crippen molar-refractivity contribution in [3.8, 4) is 11.6 Å². The number of hydrogen-bond donors (Lipinski definition) is 2. The molecule has 1 aromatic carbocycles. The van der Waals surface area contributed by atoms with Crippen LogP contribution in [0.3, 0.4) is 0 Å². The number of morpholine rings is 1. The van der Waals surface area contributed by atoms with Gasteiger partial charge in [-0.05, 0) is 31.9 Å². The van der Waals surface area contributed by atoms with E-state index >= 15 is 0 Å². The quantitative estimate of drug-likeness (QED) is 0.371. The number of anilines is 2. The highest BCUT2D eigenvalue weighted by atomic mass is 16.5. The average molecular weight is 456 g/mol. The molecule has 1 aliphatic heterocycles. The second-order valence-corrected chi connectivity index (χ2v) is 8.27. The summed E-state index contributed by atoms with van der Waals surface area (Å²) in [6, 6.07) is 9.42. The molecule has 0 aliphatic carbocycles. The molecule has 1 saturated heterocycles. The molecule has 2 N–H and O–H groups in total. The molecule has 8 nitrogen and oxygen atoms in total. The fourth-order valence-corrected chi connectivity index (χ4v) is 3.76. The minimum Gasteiger partial charge on any atom is -0.507 e. The minimum atomic E-state index is 0.192. The summed E-state index contributed by atoms with van der Waals surface area (Å²) in [5.74, 6) is 1.38. The largest absolute Gasteiger partial charge is 0.507 e. The van der Waals surface area contributed by atoms with Crippen molar-refractivity contribution < 1.29 is 14.6 Å². The van der Waals surface area contributed by atoms with Crippen LogP contribution in [-0.4, -0.2) is 73.7 Å². The molecule has 0 atom stereocenters. The number of aromatic nitrogens is 1. The summed E-state index contributed by atoms with van der Waals surface area (Å²) in [6.45, 7) is 13.1. The van der Waals surface area contributed by atoms with Gasteiger partial charge in [-0.2, -0.15) is 10.1 Å². The number of phenols is 1. The Kier molecular flexibility index (Phi) is 9.77. The fraction of sp³-hybridized carbons (Fsp3) is 0.520. The van der Waals surface area contributed by atoms with Gasteiger partial charge in [-0.1, -0.05) is 25.5 Å². The van der Waals surface area contributed by atoms with Gasteiger partial charge in [0.15, 0.2) is 5.82 Å². The predicted molar refractivity (Wildman–Crippen MR) is 134 cm³/mol. The van der Waals surface area contributed by atoms with E-state index in [0.29, 0.717) is 23.9 Å². The Morgan fingerprint density at radius 3 is 2.67 bits per heavy atom. The molecular formula is C25H37N5O3. The van der Waals surface area contributed by atoms with Crippen LogP contribution in [0, 0.1) is 6.92 Å². The smallest absolute Gasteiger partial charge is 0.217 e. The van der Waals surface area contributed by atoms with Gasteiger partial charge < -0.3 is 19.5 Å². The molecule has 3 rings (SSSR count). The highest BCUT2D eigenvalue weighted by molar-refractivity contribution is 5.84. The minimum absolute atomic E-state index is 0.192. The van der Waals surface area contributed by atoms with Gasteiger partial charge in [-0.3, -0.25) is 10.3 Å². The molecule has 0 saturated carbocycles. The van der Waals surface area contributed by atoms with Crippen LogP contribution in [0.2, 0.25) is 0 Å². The Bertz CT molecular complexity index is 894. The normalized spacial score (nSPS) is 14.5. The molecular weight excluding hydrogens is 418 g/mol. The third-order valence-electron chi connectivity index (χ3n) is 5.47. The van der Waals surface area contributed by atoms with Crippen molar-refractivity contribution in [2.45, 2.75) is 33.6 Å². The zero-order chi connectivity index (χ0) is 23.5. The summed E-state index contributed by atoms with van der Waals surface area (Å²) < 4.78 is 11.5. The van der Waals surface area contributed by atoms with Gasteiger partial charge in [0.05, 0.1) is 19.4 Å². The van der Waals surface area contributed by atoms with Crippen LogP contribution in [-0.2, 0) is 4.74 Å².